The fourth-order valence-corrected chi connectivity index (χ4v) is 1.27. The van der Waals surface area contributed by atoms with Gasteiger partial charge < -0.3 is 10.6 Å². The number of pyridine rings is 1. The normalized spacial score (nSPS) is 10.7. The van der Waals surface area contributed by atoms with E-state index in [-0.39, 0.29) is 36.3 Å². The number of aliphatic imine (C=N–C) groups is 1. The van der Waals surface area contributed by atoms with Gasteiger partial charge in [0.25, 0.3) is 0 Å². The summed E-state index contributed by atoms with van der Waals surface area (Å²) in [6.45, 7) is 5.93. The number of nitrogens with one attached hydrogen (secondary N) is 2. The highest BCUT2D eigenvalue weighted by atomic mass is 127. The van der Waals surface area contributed by atoms with E-state index in [1.165, 1.54) is 6.07 Å². The molecule has 102 valence electrons. The van der Waals surface area contributed by atoms with Gasteiger partial charge in [-0.15, -0.1) is 24.0 Å². The molecular weight excluding hydrogens is 346 g/mol. The Kier molecular flexibility index (Phi) is 9.53. The van der Waals surface area contributed by atoms with Crippen molar-refractivity contribution >= 4 is 29.9 Å². The lowest BCUT2D eigenvalue weighted by Crippen LogP contribution is -2.37. The Hall–Kier alpha value is -0.920. The second kappa shape index (κ2) is 10.0. The molecule has 0 amide bonds. The molecule has 6 heteroatoms. The number of rotatable bonds is 5. The van der Waals surface area contributed by atoms with Crippen molar-refractivity contribution in [3.63, 3.8) is 0 Å². The topological polar surface area (TPSA) is 49.3 Å². The summed E-state index contributed by atoms with van der Waals surface area (Å²) in [6.07, 6.45) is 2.59. The lowest BCUT2D eigenvalue weighted by Gasteiger charge is -2.09. The quantitative estimate of drug-likeness (QED) is 0.478. The average Bonchev–Trinajstić information content (AvgIpc) is 2.34. The molecule has 0 radical (unpaired) electrons. The van der Waals surface area contributed by atoms with Gasteiger partial charge in [0.05, 0.1) is 12.2 Å². The number of hydrogen-bond donors (Lipinski definition) is 2. The summed E-state index contributed by atoms with van der Waals surface area (Å²) < 4.78 is 13.3. The van der Waals surface area contributed by atoms with E-state index < -0.39 is 0 Å². The fourth-order valence-electron chi connectivity index (χ4n) is 1.27. The van der Waals surface area contributed by atoms with Crippen molar-refractivity contribution in [3.05, 3.63) is 29.8 Å². The molecule has 1 rings (SSSR count). The maximum Gasteiger partial charge on any atom is 0.191 e. The van der Waals surface area contributed by atoms with Crippen LogP contribution in [0.25, 0.3) is 0 Å². The Morgan fingerprint density at radius 1 is 1.39 bits per heavy atom. The average molecular weight is 366 g/mol. The van der Waals surface area contributed by atoms with Crippen LogP contribution in [0.5, 0.6) is 0 Å². The van der Waals surface area contributed by atoms with E-state index in [1.807, 2.05) is 6.92 Å². The number of halogens is 2. The van der Waals surface area contributed by atoms with Crippen LogP contribution in [0.15, 0.2) is 23.3 Å². The zero-order chi connectivity index (χ0) is 12.5. The fraction of sp³-hybridized carbons (Fsp3) is 0.500. The van der Waals surface area contributed by atoms with Gasteiger partial charge in [-0.3, -0.25) is 4.98 Å². The minimum absolute atomic E-state index is 0. The Bertz CT molecular complexity index is 371. The van der Waals surface area contributed by atoms with Crippen LogP contribution in [0.3, 0.4) is 0 Å². The first kappa shape index (κ1) is 17.1. The summed E-state index contributed by atoms with van der Waals surface area (Å²) in [4.78, 5) is 8.23. The van der Waals surface area contributed by atoms with E-state index in [2.05, 4.69) is 27.5 Å². The third-order valence-corrected chi connectivity index (χ3v) is 2.11. The summed E-state index contributed by atoms with van der Waals surface area (Å²) >= 11 is 0. The number of nitrogens with zero attached hydrogens (tertiary/aromatic N) is 2. The van der Waals surface area contributed by atoms with E-state index in [1.54, 1.807) is 12.3 Å². The Balaban J connectivity index is 0.00000289. The molecule has 0 bridgehead atoms. The van der Waals surface area contributed by atoms with Crippen LogP contribution < -0.4 is 10.6 Å². The zero-order valence-corrected chi connectivity index (χ0v) is 13.1. The second-order valence-corrected chi connectivity index (χ2v) is 3.55. The first-order valence-corrected chi connectivity index (χ1v) is 5.89. The van der Waals surface area contributed by atoms with Gasteiger partial charge in [-0.05, 0) is 25.5 Å². The predicted molar refractivity (Wildman–Crippen MR) is 82.7 cm³/mol. The highest BCUT2D eigenvalue weighted by molar-refractivity contribution is 14.0. The summed E-state index contributed by atoms with van der Waals surface area (Å²) in [5.74, 6) is 0.377. The standard InChI is InChI=1S/C12H19FN4.HI/c1-3-7-16-12(14-4-2)17-9-11-10(13)6-5-8-15-11;/h5-6,8H,3-4,7,9H2,1-2H3,(H2,14,16,17);1H. The van der Waals surface area contributed by atoms with Crippen LogP contribution in [-0.2, 0) is 6.54 Å². The molecule has 1 heterocycles. The maximum absolute atomic E-state index is 13.3. The van der Waals surface area contributed by atoms with E-state index in [9.17, 15) is 4.39 Å². The SMILES string of the molecule is CCCNC(=NCc1ncccc1F)NCC.I. The van der Waals surface area contributed by atoms with Gasteiger partial charge in [-0.1, -0.05) is 6.92 Å². The molecule has 4 nitrogen and oxygen atoms in total. The van der Waals surface area contributed by atoms with Crippen molar-refractivity contribution in [3.8, 4) is 0 Å². The third kappa shape index (κ3) is 6.13. The van der Waals surface area contributed by atoms with Crippen molar-refractivity contribution in [1.82, 2.24) is 15.6 Å². The Morgan fingerprint density at radius 2 is 2.17 bits per heavy atom. The second-order valence-electron chi connectivity index (χ2n) is 3.55. The molecule has 0 spiro atoms. The minimum Gasteiger partial charge on any atom is -0.357 e. The van der Waals surface area contributed by atoms with E-state index >= 15 is 0 Å². The minimum atomic E-state index is -0.317. The molecule has 0 fully saturated rings. The van der Waals surface area contributed by atoms with Crippen LogP contribution in [0.4, 0.5) is 4.39 Å². The van der Waals surface area contributed by atoms with E-state index in [0.717, 1.165) is 19.5 Å². The van der Waals surface area contributed by atoms with Crippen molar-refractivity contribution in [2.75, 3.05) is 13.1 Å². The van der Waals surface area contributed by atoms with Crippen molar-refractivity contribution in [2.45, 2.75) is 26.8 Å². The van der Waals surface area contributed by atoms with Crippen molar-refractivity contribution in [1.29, 1.82) is 0 Å². The number of aromatic nitrogens is 1. The first-order valence-electron chi connectivity index (χ1n) is 5.89. The lowest BCUT2D eigenvalue weighted by atomic mass is 10.3. The molecule has 0 aromatic carbocycles. The molecule has 0 saturated heterocycles. The van der Waals surface area contributed by atoms with Crippen LogP contribution in [0.2, 0.25) is 0 Å². The lowest BCUT2D eigenvalue weighted by molar-refractivity contribution is 0.599. The molecule has 1 aromatic heterocycles. The van der Waals surface area contributed by atoms with Gasteiger partial charge in [0, 0.05) is 19.3 Å². The van der Waals surface area contributed by atoms with E-state index in [0.29, 0.717) is 11.7 Å². The van der Waals surface area contributed by atoms with Crippen molar-refractivity contribution < 1.29 is 4.39 Å². The highest BCUT2D eigenvalue weighted by Gasteiger charge is 2.02. The monoisotopic (exact) mass is 366 g/mol. The Labute approximate surface area is 125 Å². The molecule has 0 atom stereocenters. The van der Waals surface area contributed by atoms with E-state index in [4.69, 9.17) is 0 Å². The smallest absolute Gasteiger partial charge is 0.191 e. The summed E-state index contributed by atoms with van der Waals surface area (Å²) in [5.41, 5.74) is 0.362. The highest BCUT2D eigenvalue weighted by Crippen LogP contribution is 2.03. The van der Waals surface area contributed by atoms with Gasteiger partial charge in [-0.25, -0.2) is 9.38 Å². The van der Waals surface area contributed by atoms with Crippen LogP contribution in [0.1, 0.15) is 26.0 Å². The molecule has 2 N–H and O–H groups in total. The molecule has 18 heavy (non-hydrogen) atoms. The molecular formula is C12H20FIN4. The first-order chi connectivity index (χ1) is 8.27. The molecule has 0 aliphatic carbocycles. The van der Waals surface area contributed by atoms with Crippen LogP contribution in [0, 0.1) is 5.82 Å². The predicted octanol–water partition coefficient (Wildman–Crippen LogP) is 2.30. The van der Waals surface area contributed by atoms with Gasteiger partial charge in [-0.2, -0.15) is 0 Å². The number of guanidine groups is 1. The Morgan fingerprint density at radius 3 is 2.78 bits per heavy atom. The van der Waals surface area contributed by atoms with Gasteiger partial charge in [0.15, 0.2) is 5.96 Å². The zero-order valence-electron chi connectivity index (χ0n) is 10.7. The largest absolute Gasteiger partial charge is 0.357 e. The van der Waals surface area contributed by atoms with Crippen LogP contribution in [-0.4, -0.2) is 24.0 Å². The molecule has 0 aliphatic heterocycles. The summed E-state index contributed by atoms with van der Waals surface area (Å²) in [6, 6.07) is 2.97. The van der Waals surface area contributed by atoms with Crippen LogP contribution >= 0.6 is 24.0 Å². The molecule has 0 aliphatic rings. The van der Waals surface area contributed by atoms with Gasteiger partial charge >= 0.3 is 0 Å². The summed E-state index contributed by atoms with van der Waals surface area (Å²) in [5, 5.41) is 6.24. The third-order valence-electron chi connectivity index (χ3n) is 2.11. The molecule has 0 saturated carbocycles. The van der Waals surface area contributed by atoms with Crippen molar-refractivity contribution in [2.24, 2.45) is 4.99 Å². The summed E-state index contributed by atoms with van der Waals surface area (Å²) in [7, 11) is 0. The number of hydrogen-bond acceptors (Lipinski definition) is 2. The maximum atomic E-state index is 13.3. The molecule has 1 aromatic rings. The van der Waals surface area contributed by atoms with Gasteiger partial charge in [0.1, 0.15) is 5.82 Å². The van der Waals surface area contributed by atoms with Gasteiger partial charge in [0.2, 0.25) is 0 Å². The molecule has 0 unspecified atom stereocenters.